The van der Waals surface area contributed by atoms with Crippen LogP contribution >= 0.6 is 11.6 Å². The van der Waals surface area contributed by atoms with Crippen molar-refractivity contribution < 1.29 is 22.7 Å². The van der Waals surface area contributed by atoms with E-state index >= 15 is 0 Å². The molecule has 0 bridgehead atoms. The van der Waals surface area contributed by atoms with Gasteiger partial charge in [0.05, 0.1) is 24.3 Å². The molecule has 9 heteroatoms. The summed E-state index contributed by atoms with van der Waals surface area (Å²) < 4.78 is 38.6. The van der Waals surface area contributed by atoms with Crippen molar-refractivity contribution in [2.75, 3.05) is 18.9 Å². The molecule has 3 aromatic rings. The van der Waals surface area contributed by atoms with Crippen molar-refractivity contribution in [3.8, 4) is 5.75 Å². The lowest BCUT2D eigenvalue weighted by atomic mass is 10.1. The largest absolute Gasteiger partial charge is 0.495 e. The number of methoxy groups -OCH3 is 2. The van der Waals surface area contributed by atoms with E-state index in [1.54, 1.807) is 25.3 Å². The van der Waals surface area contributed by atoms with Gasteiger partial charge in [-0.15, -0.1) is 0 Å². The third-order valence-electron chi connectivity index (χ3n) is 4.67. The van der Waals surface area contributed by atoms with E-state index in [1.807, 2.05) is 24.3 Å². The lowest BCUT2D eigenvalue weighted by Crippen LogP contribution is -2.24. The van der Waals surface area contributed by atoms with Gasteiger partial charge in [-0.05, 0) is 47.5 Å². The molecule has 0 aliphatic heterocycles. The van der Waals surface area contributed by atoms with Crippen LogP contribution in [0.2, 0.25) is 5.02 Å². The number of amides is 1. The van der Waals surface area contributed by atoms with Crippen LogP contribution < -0.4 is 14.8 Å². The molecule has 0 unspecified atom stereocenters. The summed E-state index contributed by atoms with van der Waals surface area (Å²) in [6.45, 7) is 0.714. The smallest absolute Gasteiger partial charge is 0.262 e. The SMILES string of the molecule is COCc1ccccc1CNC(=O)c1cccc(S(=O)(=O)Nc2cc(Cl)ccc2OC)c1. The van der Waals surface area contributed by atoms with Gasteiger partial charge in [0.2, 0.25) is 0 Å². The van der Waals surface area contributed by atoms with Crippen LogP contribution in [0.3, 0.4) is 0 Å². The van der Waals surface area contributed by atoms with Gasteiger partial charge < -0.3 is 14.8 Å². The number of benzene rings is 3. The van der Waals surface area contributed by atoms with Crippen molar-refractivity contribution in [2.45, 2.75) is 18.0 Å². The average molecular weight is 475 g/mol. The highest BCUT2D eigenvalue weighted by molar-refractivity contribution is 7.92. The maximum Gasteiger partial charge on any atom is 0.262 e. The lowest BCUT2D eigenvalue weighted by Gasteiger charge is -2.13. The van der Waals surface area contributed by atoms with Gasteiger partial charge in [0.25, 0.3) is 15.9 Å². The number of nitrogens with one attached hydrogen (secondary N) is 2. The predicted octanol–water partition coefficient (Wildman–Crippen LogP) is 4.23. The van der Waals surface area contributed by atoms with Crippen molar-refractivity contribution in [2.24, 2.45) is 0 Å². The number of rotatable bonds is 9. The summed E-state index contributed by atoms with van der Waals surface area (Å²) >= 11 is 5.98. The average Bonchev–Trinajstić information content (AvgIpc) is 2.78. The molecule has 7 nitrogen and oxygen atoms in total. The van der Waals surface area contributed by atoms with Gasteiger partial charge in [-0.1, -0.05) is 41.9 Å². The van der Waals surface area contributed by atoms with E-state index in [2.05, 4.69) is 10.0 Å². The molecule has 0 saturated carbocycles. The molecule has 0 saturated heterocycles. The maximum absolute atomic E-state index is 12.9. The molecule has 2 N–H and O–H groups in total. The summed E-state index contributed by atoms with van der Waals surface area (Å²) in [4.78, 5) is 12.6. The van der Waals surface area contributed by atoms with Crippen molar-refractivity contribution in [1.82, 2.24) is 5.32 Å². The highest BCUT2D eigenvalue weighted by Gasteiger charge is 2.19. The zero-order chi connectivity index (χ0) is 23.1. The number of sulfonamides is 1. The van der Waals surface area contributed by atoms with E-state index in [0.717, 1.165) is 11.1 Å². The fraction of sp³-hybridized carbons (Fsp3) is 0.174. The molecular weight excluding hydrogens is 452 g/mol. The Labute approximate surface area is 192 Å². The van der Waals surface area contributed by atoms with E-state index in [1.165, 1.54) is 31.4 Å². The molecule has 1 amide bonds. The molecule has 0 aliphatic rings. The first-order chi connectivity index (χ1) is 15.3. The molecule has 0 aliphatic carbocycles. The zero-order valence-electron chi connectivity index (χ0n) is 17.6. The molecule has 3 rings (SSSR count). The van der Waals surface area contributed by atoms with Gasteiger partial charge in [-0.25, -0.2) is 8.42 Å². The van der Waals surface area contributed by atoms with E-state index in [4.69, 9.17) is 21.1 Å². The molecule has 0 aromatic heterocycles. The number of hydrogen-bond donors (Lipinski definition) is 2. The Hall–Kier alpha value is -3.07. The van der Waals surface area contributed by atoms with E-state index in [0.29, 0.717) is 17.4 Å². The summed E-state index contributed by atoms with van der Waals surface area (Å²) in [6, 6.07) is 18.0. The van der Waals surface area contributed by atoms with Crippen LogP contribution in [-0.4, -0.2) is 28.5 Å². The molecule has 0 fully saturated rings. The molecule has 0 atom stereocenters. The fourth-order valence-corrected chi connectivity index (χ4v) is 4.35. The maximum atomic E-state index is 12.9. The second-order valence-corrected chi connectivity index (χ2v) is 8.98. The Morgan fingerprint density at radius 3 is 2.44 bits per heavy atom. The highest BCUT2D eigenvalue weighted by Crippen LogP contribution is 2.30. The van der Waals surface area contributed by atoms with Gasteiger partial charge in [0.15, 0.2) is 0 Å². The molecule has 32 heavy (non-hydrogen) atoms. The van der Waals surface area contributed by atoms with Crippen LogP contribution in [0.1, 0.15) is 21.5 Å². The number of carbonyl (C=O) groups is 1. The molecule has 168 valence electrons. The Morgan fingerprint density at radius 1 is 0.969 bits per heavy atom. The van der Waals surface area contributed by atoms with Crippen LogP contribution in [0.5, 0.6) is 5.75 Å². The minimum Gasteiger partial charge on any atom is -0.495 e. The van der Waals surface area contributed by atoms with Crippen LogP contribution in [-0.2, 0) is 27.9 Å². The standard InChI is InChI=1S/C23H23ClN2O5S/c1-30-15-18-7-4-3-6-17(18)14-25-23(27)16-8-5-9-20(12-16)32(28,29)26-21-13-19(24)10-11-22(21)31-2/h3-13,26H,14-15H2,1-2H3,(H,25,27). The summed E-state index contributed by atoms with van der Waals surface area (Å²) in [5.41, 5.74) is 2.30. The Morgan fingerprint density at radius 2 is 1.72 bits per heavy atom. The van der Waals surface area contributed by atoms with E-state index < -0.39 is 15.9 Å². The van der Waals surface area contributed by atoms with Gasteiger partial charge in [0.1, 0.15) is 5.75 Å². The third kappa shape index (κ3) is 5.79. The van der Waals surface area contributed by atoms with Crippen LogP contribution in [0.15, 0.2) is 71.6 Å². The lowest BCUT2D eigenvalue weighted by molar-refractivity contribution is 0.0950. The summed E-state index contributed by atoms with van der Waals surface area (Å²) in [7, 11) is -0.952. The van der Waals surface area contributed by atoms with Crippen LogP contribution in [0.25, 0.3) is 0 Å². The van der Waals surface area contributed by atoms with Gasteiger partial charge in [-0.3, -0.25) is 9.52 Å². The second kappa shape index (κ2) is 10.5. The summed E-state index contributed by atoms with van der Waals surface area (Å²) in [5.74, 6) is -0.0730. The van der Waals surface area contributed by atoms with Crippen molar-refractivity contribution in [3.05, 3.63) is 88.4 Å². The number of hydrogen-bond acceptors (Lipinski definition) is 5. The molecule has 0 heterocycles. The predicted molar refractivity (Wildman–Crippen MR) is 124 cm³/mol. The van der Waals surface area contributed by atoms with E-state index in [9.17, 15) is 13.2 Å². The van der Waals surface area contributed by atoms with Crippen molar-refractivity contribution >= 4 is 33.2 Å². The van der Waals surface area contributed by atoms with Crippen molar-refractivity contribution in [3.63, 3.8) is 0 Å². The van der Waals surface area contributed by atoms with Crippen LogP contribution in [0.4, 0.5) is 5.69 Å². The summed E-state index contributed by atoms with van der Waals surface area (Å²) in [6.07, 6.45) is 0. The first kappa shape index (κ1) is 23.6. The number of anilines is 1. The van der Waals surface area contributed by atoms with E-state index in [-0.39, 0.29) is 22.7 Å². The van der Waals surface area contributed by atoms with Crippen molar-refractivity contribution in [1.29, 1.82) is 0 Å². The number of carbonyl (C=O) groups excluding carboxylic acids is 1. The molecule has 3 aromatic carbocycles. The molecule has 0 spiro atoms. The first-order valence-corrected chi connectivity index (χ1v) is 11.5. The van der Waals surface area contributed by atoms with Gasteiger partial charge in [-0.2, -0.15) is 0 Å². The monoisotopic (exact) mass is 474 g/mol. The fourth-order valence-electron chi connectivity index (χ4n) is 3.07. The topological polar surface area (TPSA) is 93.7 Å². The number of ether oxygens (including phenoxy) is 2. The Kier molecular flexibility index (Phi) is 7.74. The van der Waals surface area contributed by atoms with Crippen LogP contribution in [0, 0.1) is 0 Å². The first-order valence-electron chi connectivity index (χ1n) is 9.64. The Balaban J connectivity index is 1.77. The van der Waals surface area contributed by atoms with Gasteiger partial charge >= 0.3 is 0 Å². The zero-order valence-corrected chi connectivity index (χ0v) is 19.2. The summed E-state index contributed by atoms with van der Waals surface area (Å²) in [5, 5.41) is 3.17. The second-order valence-electron chi connectivity index (χ2n) is 6.86. The molecular formula is C23H23ClN2O5S. The molecule has 0 radical (unpaired) electrons. The highest BCUT2D eigenvalue weighted by atomic mass is 35.5. The minimum atomic E-state index is -3.99. The minimum absolute atomic E-state index is 0.0630. The quantitative estimate of drug-likeness (QED) is 0.484. The third-order valence-corrected chi connectivity index (χ3v) is 6.27. The van der Waals surface area contributed by atoms with Gasteiger partial charge in [0, 0.05) is 24.2 Å². The normalized spacial score (nSPS) is 11.1. The Bertz CT molecular complexity index is 1210. The number of halogens is 1.